The highest BCUT2D eigenvalue weighted by Gasteiger charge is 2.01. The topological polar surface area (TPSA) is 0 Å². The van der Waals surface area contributed by atoms with Crippen LogP contribution < -0.4 is 0 Å². The lowest BCUT2D eigenvalue weighted by molar-refractivity contribution is 0.475. The fraction of sp³-hybridized carbons (Fsp3) is 0.857. The van der Waals surface area contributed by atoms with Crippen molar-refractivity contribution in [2.45, 2.75) is 27.7 Å². The molecule has 0 aliphatic carbocycles. The van der Waals surface area contributed by atoms with E-state index >= 15 is 0 Å². The van der Waals surface area contributed by atoms with E-state index in [1.807, 2.05) is 6.92 Å². The van der Waals surface area contributed by atoms with Gasteiger partial charge in [-0.25, -0.2) is 0 Å². The molecule has 0 saturated heterocycles. The van der Waals surface area contributed by atoms with Crippen molar-refractivity contribution >= 4 is 0 Å². The Morgan fingerprint density at radius 2 is 1.57 bits per heavy atom. The molecule has 7 heavy (non-hydrogen) atoms. The zero-order valence-electron chi connectivity index (χ0n) is 5.65. The Balaban J connectivity index is 3.14. The molecule has 0 aromatic rings. The Hall–Kier alpha value is 0. The van der Waals surface area contributed by atoms with Crippen LogP contribution in [0.5, 0.6) is 0 Å². The van der Waals surface area contributed by atoms with Gasteiger partial charge in [0.05, 0.1) is 0 Å². The van der Waals surface area contributed by atoms with E-state index in [4.69, 9.17) is 0 Å². The molecule has 2 radical (unpaired) electrons. The standard InChI is InChI=1S/C7H14/c1-5-7(4)6(2)3/h6-7H,1-4H3. The molecule has 0 fully saturated rings. The van der Waals surface area contributed by atoms with Gasteiger partial charge in [-0.2, -0.15) is 0 Å². The number of hydrogen-bond acceptors (Lipinski definition) is 0. The maximum absolute atomic E-state index is 3.16. The lowest BCUT2D eigenvalue weighted by Crippen LogP contribution is -2.01. The molecule has 0 nitrogen and oxygen atoms in total. The molecule has 0 saturated carbocycles. The van der Waals surface area contributed by atoms with Gasteiger partial charge in [-0.15, -0.1) is 0 Å². The van der Waals surface area contributed by atoms with Gasteiger partial charge in [0, 0.05) is 0 Å². The van der Waals surface area contributed by atoms with Gasteiger partial charge < -0.3 is 0 Å². The minimum atomic E-state index is 0.653. The van der Waals surface area contributed by atoms with E-state index in [-0.39, 0.29) is 0 Å². The molecule has 0 bridgehead atoms. The predicted molar refractivity (Wildman–Crippen MR) is 32.9 cm³/mol. The van der Waals surface area contributed by atoms with Crippen LogP contribution in [0.25, 0.3) is 0 Å². The molecule has 0 aliphatic heterocycles. The van der Waals surface area contributed by atoms with Crippen LogP contribution in [0.1, 0.15) is 27.7 Å². The average molecular weight is 98.2 g/mol. The summed E-state index contributed by atoms with van der Waals surface area (Å²) in [5.41, 5.74) is 0. The van der Waals surface area contributed by atoms with Crippen LogP contribution in [0.15, 0.2) is 0 Å². The summed E-state index contributed by atoms with van der Waals surface area (Å²) in [6, 6.07) is 0. The van der Waals surface area contributed by atoms with Crippen LogP contribution >= 0.6 is 0 Å². The first kappa shape index (κ1) is 7.00. The highest BCUT2D eigenvalue weighted by molar-refractivity contribution is 4.68. The summed E-state index contributed by atoms with van der Waals surface area (Å²) >= 11 is 0. The Morgan fingerprint density at radius 1 is 1.14 bits per heavy atom. The van der Waals surface area contributed by atoms with E-state index in [1.165, 1.54) is 0 Å². The first-order valence-electron chi connectivity index (χ1n) is 2.85. The van der Waals surface area contributed by atoms with Crippen molar-refractivity contribution < 1.29 is 0 Å². The summed E-state index contributed by atoms with van der Waals surface area (Å²) in [5, 5.41) is 0. The third-order valence-corrected chi connectivity index (χ3v) is 1.46. The van der Waals surface area contributed by atoms with Crippen molar-refractivity contribution in [3.63, 3.8) is 0 Å². The van der Waals surface area contributed by atoms with Crippen LogP contribution in [0, 0.1) is 18.3 Å². The van der Waals surface area contributed by atoms with Crippen molar-refractivity contribution in [1.29, 1.82) is 0 Å². The van der Waals surface area contributed by atoms with Gasteiger partial charge in [0.15, 0.2) is 0 Å². The van der Waals surface area contributed by atoms with Crippen LogP contribution in [-0.2, 0) is 0 Å². The van der Waals surface area contributed by atoms with Gasteiger partial charge >= 0.3 is 0 Å². The molecule has 0 spiro atoms. The lowest BCUT2D eigenvalue weighted by atomic mass is 9.96. The third-order valence-electron chi connectivity index (χ3n) is 1.46. The molecule has 0 aromatic carbocycles. The van der Waals surface area contributed by atoms with Gasteiger partial charge in [-0.05, 0) is 18.3 Å². The monoisotopic (exact) mass is 98.1 g/mol. The molecule has 0 aromatic heterocycles. The summed E-state index contributed by atoms with van der Waals surface area (Å²) in [7, 11) is 0. The fourth-order valence-corrected chi connectivity index (χ4v) is 0.333. The Morgan fingerprint density at radius 3 is 1.57 bits per heavy atom. The largest absolute Gasteiger partial charge is 0.0625 e. The average Bonchev–Trinajstić information content (AvgIpc) is 1.65. The van der Waals surface area contributed by atoms with E-state index < -0.39 is 0 Å². The van der Waals surface area contributed by atoms with E-state index in [9.17, 15) is 0 Å². The molecule has 0 heterocycles. The van der Waals surface area contributed by atoms with Crippen LogP contribution in [0.4, 0.5) is 0 Å². The predicted octanol–water partition coefficient (Wildman–Crippen LogP) is 2.38. The van der Waals surface area contributed by atoms with Crippen LogP contribution in [0.2, 0.25) is 0 Å². The zero-order valence-corrected chi connectivity index (χ0v) is 5.65. The normalized spacial score (nSPS) is 15.0. The molecule has 1 atom stereocenters. The van der Waals surface area contributed by atoms with Gasteiger partial charge in [-0.3, -0.25) is 0 Å². The molecular formula is C7H14. The van der Waals surface area contributed by atoms with Crippen molar-refractivity contribution in [1.82, 2.24) is 0 Å². The Bertz CT molecular complexity index is 37.3. The zero-order chi connectivity index (χ0) is 5.86. The quantitative estimate of drug-likeness (QED) is 0.497. The number of hydrogen-bond donors (Lipinski definition) is 0. The van der Waals surface area contributed by atoms with E-state index in [1.54, 1.807) is 0 Å². The summed E-state index contributed by atoms with van der Waals surface area (Å²) < 4.78 is 0. The summed E-state index contributed by atoms with van der Waals surface area (Å²) in [6.07, 6.45) is 3.16. The van der Waals surface area contributed by atoms with Crippen LogP contribution in [-0.4, -0.2) is 0 Å². The number of rotatable bonds is 2. The van der Waals surface area contributed by atoms with Crippen molar-refractivity contribution in [2.24, 2.45) is 11.8 Å². The Kier molecular flexibility index (Phi) is 3.06. The van der Waals surface area contributed by atoms with Crippen molar-refractivity contribution in [2.75, 3.05) is 0 Å². The summed E-state index contributed by atoms with van der Waals surface area (Å²) in [5.74, 6) is 1.41. The lowest BCUT2D eigenvalue weighted by Gasteiger charge is -2.09. The molecule has 0 amide bonds. The fourth-order valence-electron chi connectivity index (χ4n) is 0.333. The van der Waals surface area contributed by atoms with Crippen LogP contribution in [0.3, 0.4) is 0 Å². The smallest absolute Gasteiger partial charge is 0.0174 e. The van der Waals surface area contributed by atoms with Gasteiger partial charge in [-0.1, -0.05) is 27.7 Å². The van der Waals surface area contributed by atoms with Crippen molar-refractivity contribution in [3.05, 3.63) is 6.42 Å². The van der Waals surface area contributed by atoms with E-state index in [0.717, 1.165) is 5.92 Å². The molecule has 42 valence electrons. The first-order valence-corrected chi connectivity index (χ1v) is 2.85. The second-order valence-corrected chi connectivity index (χ2v) is 2.32. The van der Waals surface area contributed by atoms with E-state index in [2.05, 4.69) is 27.2 Å². The SMILES string of the molecule is C[C]C(C)C(C)C. The highest BCUT2D eigenvalue weighted by atomic mass is 14.1. The first-order chi connectivity index (χ1) is 3.18. The van der Waals surface area contributed by atoms with E-state index in [0.29, 0.717) is 5.92 Å². The third kappa shape index (κ3) is 2.67. The second-order valence-electron chi connectivity index (χ2n) is 2.32. The molecule has 0 aliphatic rings. The molecule has 1 unspecified atom stereocenters. The maximum Gasteiger partial charge on any atom is -0.0174 e. The van der Waals surface area contributed by atoms with Gasteiger partial charge in [0.2, 0.25) is 0 Å². The minimum Gasteiger partial charge on any atom is -0.0625 e. The minimum absolute atomic E-state index is 0.653. The van der Waals surface area contributed by atoms with Gasteiger partial charge in [0.25, 0.3) is 0 Å². The highest BCUT2D eigenvalue weighted by Crippen LogP contribution is 2.10. The Labute approximate surface area is 46.9 Å². The molecule has 0 rings (SSSR count). The second kappa shape index (κ2) is 3.06. The summed E-state index contributed by atoms with van der Waals surface area (Å²) in [6.45, 7) is 8.59. The molecule has 0 N–H and O–H groups in total. The molecule has 0 heteroatoms. The maximum atomic E-state index is 3.16. The van der Waals surface area contributed by atoms with Crippen molar-refractivity contribution in [3.8, 4) is 0 Å². The van der Waals surface area contributed by atoms with Gasteiger partial charge in [0.1, 0.15) is 0 Å². The summed E-state index contributed by atoms with van der Waals surface area (Å²) in [4.78, 5) is 0. The molecular weight excluding hydrogens is 84.1 g/mol.